The molecule has 4 nitrogen and oxygen atoms in total. The zero-order valence-corrected chi connectivity index (χ0v) is 13.2. The summed E-state index contributed by atoms with van der Waals surface area (Å²) in [6, 6.07) is 6.87. The van der Waals surface area contributed by atoms with Crippen LogP contribution in [-0.4, -0.2) is 30.4 Å². The summed E-state index contributed by atoms with van der Waals surface area (Å²) in [4.78, 5) is 12.1. The Morgan fingerprint density at radius 3 is 2.71 bits per heavy atom. The smallest absolute Gasteiger partial charge is 0.335 e. The van der Waals surface area contributed by atoms with E-state index in [9.17, 15) is 9.90 Å². The maximum absolute atomic E-state index is 12.1. The van der Waals surface area contributed by atoms with Crippen molar-refractivity contribution in [2.24, 2.45) is 5.92 Å². The molecule has 0 saturated carbocycles. The first-order valence-electron chi connectivity index (χ1n) is 7.59. The van der Waals surface area contributed by atoms with Crippen LogP contribution in [0.4, 0.5) is 0 Å². The van der Waals surface area contributed by atoms with E-state index >= 15 is 0 Å². The van der Waals surface area contributed by atoms with Crippen LogP contribution in [0.25, 0.3) is 0 Å². The van der Waals surface area contributed by atoms with Crippen LogP contribution < -0.4 is 0 Å². The number of carbonyl (C=O) groups excluding carboxylic acids is 1. The lowest BCUT2D eigenvalue weighted by molar-refractivity contribution is -0.158. The highest BCUT2D eigenvalue weighted by molar-refractivity contribution is 5.75. The van der Waals surface area contributed by atoms with Crippen molar-refractivity contribution in [1.82, 2.24) is 0 Å². The number of phenols is 1. The van der Waals surface area contributed by atoms with E-state index in [1.165, 1.54) is 0 Å². The first-order chi connectivity index (χ1) is 10.0. The summed E-state index contributed by atoms with van der Waals surface area (Å²) in [6.07, 6.45) is 1.72. The molecule has 0 fully saturated rings. The van der Waals surface area contributed by atoms with Gasteiger partial charge in [0, 0.05) is 13.0 Å². The molecule has 1 aromatic carbocycles. The molecule has 0 aliphatic heterocycles. The van der Waals surface area contributed by atoms with Gasteiger partial charge in [-0.25, -0.2) is 4.79 Å². The first-order valence-corrected chi connectivity index (χ1v) is 7.59. The van der Waals surface area contributed by atoms with E-state index in [1.54, 1.807) is 18.2 Å². The lowest BCUT2D eigenvalue weighted by Gasteiger charge is -2.18. The number of rotatable bonds is 9. The van der Waals surface area contributed by atoms with Crippen molar-refractivity contribution in [2.45, 2.75) is 46.1 Å². The Morgan fingerprint density at radius 2 is 2.10 bits per heavy atom. The maximum Gasteiger partial charge on any atom is 0.335 e. The third-order valence-electron chi connectivity index (χ3n) is 2.97. The highest BCUT2D eigenvalue weighted by atomic mass is 16.6. The van der Waals surface area contributed by atoms with Crippen LogP contribution in [0.2, 0.25) is 0 Å². The fraction of sp³-hybridized carbons (Fsp3) is 0.588. The molecule has 0 aliphatic rings. The number of hydrogen-bond acceptors (Lipinski definition) is 4. The molecule has 21 heavy (non-hydrogen) atoms. The number of esters is 1. The minimum Gasteiger partial charge on any atom is -0.508 e. The zero-order chi connectivity index (χ0) is 15.7. The number of hydrogen-bond donors (Lipinski definition) is 1. The molecule has 4 heteroatoms. The summed E-state index contributed by atoms with van der Waals surface area (Å²) >= 11 is 0. The minimum atomic E-state index is -0.614. The van der Waals surface area contributed by atoms with Crippen molar-refractivity contribution in [1.29, 1.82) is 0 Å². The average molecular weight is 294 g/mol. The van der Waals surface area contributed by atoms with Gasteiger partial charge >= 0.3 is 5.97 Å². The number of unbranched alkanes of at least 4 members (excludes halogenated alkanes) is 1. The summed E-state index contributed by atoms with van der Waals surface area (Å²) in [7, 11) is 0. The molecular formula is C17H26O4. The lowest BCUT2D eigenvalue weighted by atomic mass is 10.1. The van der Waals surface area contributed by atoms with Crippen molar-refractivity contribution in [2.75, 3.05) is 13.2 Å². The van der Waals surface area contributed by atoms with Gasteiger partial charge in [0.05, 0.1) is 6.61 Å². The number of phenolic OH excluding ortho intramolecular Hbond substituents is 1. The molecule has 1 aromatic rings. The molecule has 0 aromatic heterocycles. The standard InChI is InChI=1S/C17H26O4/c1-4-5-9-20-16(17(19)21-12-13(2)3)11-14-7-6-8-15(18)10-14/h6-8,10,13,16,18H,4-5,9,11-12H2,1-3H3. The normalized spacial score (nSPS) is 12.4. The second-order valence-electron chi connectivity index (χ2n) is 5.61. The highest BCUT2D eigenvalue weighted by Gasteiger charge is 2.21. The molecule has 0 heterocycles. The third-order valence-corrected chi connectivity index (χ3v) is 2.97. The Hall–Kier alpha value is -1.55. The van der Waals surface area contributed by atoms with Gasteiger partial charge in [0.1, 0.15) is 5.75 Å². The molecule has 0 spiro atoms. The van der Waals surface area contributed by atoms with Crippen LogP contribution >= 0.6 is 0 Å². The van der Waals surface area contributed by atoms with E-state index in [1.807, 2.05) is 19.9 Å². The van der Waals surface area contributed by atoms with Gasteiger partial charge in [-0.15, -0.1) is 0 Å². The van der Waals surface area contributed by atoms with Gasteiger partial charge in [0.15, 0.2) is 6.10 Å². The molecule has 0 bridgehead atoms. The minimum absolute atomic E-state index is 0.190. The topological polar surface area (TPSA) is 55.8 Å². The van der Waals surface area contributed by atoms with Crippen molar-refractivity contribution < 1.29 is 19.4 Å². The van der Waals surface area contributed by atoms with Gasteiger partial charge in [-0.3, -0.25) is 0 Å². The maximum atomic E-state index is 12.1. The summed E-state index contributed by atoms with van der Waals surface area (Å²) in [5.74, 6) is 0.157. The fourth-order valence-electron chi connectivity index (χ4n) is 1.82. The van der Waals surface area contributed by atoms with Crippen molar-refractivity contribution in [3.63, 3.8) is 0 Å². The second-order valence-corrected chi connectivity index (χ2v) is 5.61. The van der Waals surface area contributed by atoms with Crippen LogP contribution in [0.5, 0.6) is 5.75 Å². The molecule has 1 unspecified atom stereocenters. The molecule has 1 atom stereocenters. The van der Waals surface area contributed by atoms with Crippen molar-refractivity contribution >= 4 is 5.97 Å². The second kappa shape index (κ2) is 9.40. The predicted octanol–water partition coefficient (Wildman–Crippen LogP) is 3.32. The highest BCUT2D eigenvalue weighted by Crippen LogP contribution is 2.15. The van der Waals surface area contributed by atoms with E-state index in [0.29, 0.717) is 25.6 Å². The van der Waals surface area contributed by atoms with Gasteiger partial charge in [-0.05, 0) is 30.0 Å². The number of ether oxygens (including phenoxy) is 2. The Morgan fingerprint density at radius 1 is 1.33 bits per heavy atom. The van der Waals surface area contributed by atoms with Crippen LogP contribution in [0.15, 0.2) is 24.3 Å². The molecule has 0 amide bonds. The lowest BCUT2D eigenvalue weighted by Crippen LogP contribution is -2.30. The molecule has 118 valence electrons. The number of benzene rings is 1. The van der Waals surface area contributed by atoms with Gasteiger partial charge in [0.25, 0.3) is 0 Å². The van der Waals surface area contributed by atoms with Crippen molar-refractivity contribution in [3.8, 4) is 5.75 Å². The number of aromatic hydroxyl groups is 1. The largest absolute Gasteiger partial charge is 0.508 e. The third kappa shape index (κ3) is 7.14. The van der Waals surface area contributed by atoms with E-state index in [0.717, 1.165) is 18.4 Å². The van der Waals surface area contributed by atoms with Gasteiger partial charge in [-0.1, -0.05) is 39.3 Å². The van der Waals surface area contributed by atoms with Crippen molar-refractivity contribution in [3.05, 3.63) is 29.8 Å². The average Bonchev–Trinajstić information content (AvgIpc) is 2.44. The SMILES string of the molecule is CCCCOC(Cc1cccc(O)c1)C(=O)OCC(C)C. The van der Waals surface area contributed by atoms with Crippen LogP contribution in [0.3, 0.4) is 0 Å². The summed E-state index contributed by atoms with van der Waals surface area (Å²) < 4.78 is 10.9. The monoisotopic (exact) mass is 294 g/mol. The molecule has 0 aliphatic carbocycles. The van der Waals surface area contributed by atoms with Crippen LogP contribution in [-0.2, 0) is 20.7 Å². The summed E-state index contributed by atoms with van der Waals surface area (Å²) in [5.41, 5.74) is 0.859. The van der Waals surface area contributed by atoms with E-state index in [2.05, 4.69) is 6.92 Å². The molecule has 1 N–H and O–H groups in total. The van der Waals surface area contributed by atoms with Gasteiger partial charge in [-0.2, -0.15) is 0 Å². The molecule has 0 saturated heterocycles. The zero-order valence-electron chi connectivity index (χ0n) is 13.2. The van der Waals surface area contributed by atoms with Gasteiger partial charge in [0.2, 0.25) is 0 Å². The quantitative estimate of drug-likeness (QED) is 0.561. The van der Waals surface area contributed by atoms with E-state index in [4.69, 9.17) is 9.47 Å². The Bertz CT molecular complexity index is 429. The molecular weight excluding hydrogens is 268 g/mol. The Kier molecular flexibility index (Phi) is 7.83. The summed E-state index contributed by atoms with van der Waals surface area (Å²) in [5, 5.41) is 9.50. The first kappa shape index (κ1) is 17.5. The predicted molar refractivity (Wildman–Crippen MR) is 82.3 cm³/mol. The molecule has 1 rings (SSSR count). The number of carbonyl (C=O) groups is 1. The van der Waals surface area contributed by atoms with Gasteiger partial charge < -0.3 is 14.6 Å². The molecule has 0 radical (unpaired) electrons. The summed E-state index contributed by atoms with van der Waals surface area (Å²) in [6.45, 7) is 7.00. The van der Waals surface area contributed by atoms with E-state index < -0.39 is 6.10 Å². The fourth-order valence-corrected chi connectivity index (χ4v) is 1.82. The van der Waals surface area contributed by atoms with Crippen LogP contribution in [0, 0.1) is 5.92 Å². The van der Waals surface area contributed by atoms with Crippen LogP contribution in [0.1, 0.15) is 39.2 Å². The Balaban J connectivity index is 2.64. The van der Waals surface area contributed by atoms with E-state index in [-0.39, 0.29) is 11.7 Å². The Labute approximate surface area is 127 Å².